The minimum atomic E-state index is 0.729. The standard InChI is InChI=1S/C14H9NOS2/c1-8-3-2-4-9-13(8)15-14(16-9)12-7-11-10(18-12)5-6-17-11/h2-7H,1H3. The molecule has 0 saturated carbocycles. The van der Waals surface area contributed by atoms with Crippen molar-refractivity contribution in [3.05, 3.63) is 41.3 Å². The summed E-state index contributed by atoms with van der Waals surface area (Å²) in [6, 6.07) is 10.3. The molecule has 0 fully saturated rings. The van der Waals surface area contributed by atoms with Crippen molar-refractivity contribution >= 4 is 43.2 Å². The molecule has 88 valence electrons. The van der Waals surface area contributed by atoms with Crippen molar-refractivity contribution in [3.63, 3.8) is 0 Å². The number of oxazole rings is 1. The maximum absolute atomic E-state index is 5.84. The molecular formula is C14H9NOS2. The van der Waals surface area contributed by atoms with Gasteiger partial charge in [-0.3, -0.25) is 0 Å². The minimum Gasteiger partial charge on any atom is -0.435 e. The highest BCUT2D eigenvalue weighted by Gasteiger charge is 2.12. The Balaban J connectivity index is 1.96. The Hall–Kier alpha value is -1.65. The number of fused-ring (bicyclic) bond motifs is 2. The molecule has 0 spiro atoms. The van der Waals surface area contributed by atoms with Crippen LogP contribution in [0.25, 0.3) is 31.3 Å². The summed E-state index contributed by atoms with van der Waals surface area (Å²) in [5.74, 6) is 0.729. The van der Waals surface area contributed by atoms with Crippen LogP contribution in [0.4, 0.5) is 0 Å². The highest BCUT2D eigenvalue weighted by molar-refractivity contribution is 7.28. The number of aryl methyl sites for hydroxylation is 1. The van der Waals surface area contributed by atoms with Crippen molar-refractivity contribution in [2.75, 3.05) is 0 Å². The molecule has 0 radical (unpaired) electrons. The van der Waals surface area contributed by atoms with Gasteiger partial charge in [0.25, 0.3) is 0 Å². The molecule has 0 unspecified atom stereocenters. The van der Waals surface area contributed by atoms with Crippen molar-refractivity contribution in [3.8, 4) is 10.8 Å². The molecule has 0 aliphatic heterocycles. The molecule has 0 bridgehead atoms. The number of rotatable bonds is 1. The van der Waals surface area contributed by atoms with Crippen LogP contribution in [0.2, 0.25) is 0 Å². The lowest BCUT2D eigenvalue weighted by atomic mass is 10.2. The normalized spacial score (nSPS) is 11.6. The van der Waals surface area contributed by atoms with Crippen molar-refractivity contribution in [2.24, 2.45) is 0 Å². The molecule has 4 rings (SSSR count). The van der Waals surface area contributed by atoms with E-state index in [1.165, 1.54) is 9.40 Å². The van der Waals surface area contributed by atoms with Crippen LogP contribution in [0.1, 0.15) is 5.56 Å². The second-order valence-electron chi connectivity index (χ2n) is 4.20. The van der Waals surface area contributed by atoms with Gasteiger partial charge in [-0.25, -0.2) is 4.98 Å². The lowest BCUT2D eigenvalue weighted by Gasteiger charge is -1.88. The fourth-order valence-corrected chi connectivity index (χ4v) is 4.10. The molecule has 4 heteroatoms. The Morgan fingerprint density at radius 2 is 2.11 bits per heavy atom. The van der Waals surface area contributed by atoms with Gasteiger partial charge in [0, 0.05) is 9.40 Å². The van der Waals surface area contributed by atoms with E-state index in [0.29, 0.717) is 0 Å². The number of hydrogen-bond acceptors (Lipinski definition) is 4. The average Bonchev–Trinajstić information content (AvgIpc) is 3.01. The van der Waals surface area contributed by atoms with Crippen LogP contribution in [0.15, 0.2) is 40.1 Å². The van der Waals surface area contributed by atoms with Gasteiger partial charge in [-0.2, -0.15) is 0 Å². The van der Waals surface area contributed by atoms with Crippen LogP contribution in [0, 0.1) is 6.92 Å². The molecule has 0 aliphatic rings. The largest absolute Gasteiger partial charge is 0.435 e. The first-order valence-electron chi connectivity index (χ1n) is 5.65. The number of aromatic nitrogens is 1. The summed E-state index contributed by atoms with van der Waals surface area (Å²) in [6.45, 7) is 2.06. The van der Waals surface area contributed by atoms with Crippen LogP contribution in [-0.2, 0) is 0 Å². The van der Waals surface area contributed by atoms with E-state index in [0.717, 1.165) is 27.4 Å². The third kappa shape index (κ3) is 1.43. The molecule has 4 aromatic rings. The maximum atomic E-state index is 5.84. The van der Waals surface area contributed by atoms with Crippen LogP contribution >= 0.6 is 22.7 Å². The van der Waals surface area contributed by atoms with Crippen molar-refractivity contribution in [1.82, 2.24) is 4.98 Å². The zero-order valence-corrected chi connectivity index (χ0v) is 11.3. The Morgan fingerprint density at radius 1 is 1.17 bits per heavy atom. The summed E-state index contributed by atoms with van der Waals surface area (Å²) in [7, 11) is 0. The van der Waals surface area contributed by atoms with Gasteiger partial charge in [-0.15, -0.1) is 22.7 Å². The lowest BCUT2D eigenvalue weighted by Crippen LogP contribution is -1.74. The number of hydrogen-bond donors (Lipinski definition) is 0. The third-order valence-corrected chi connectivity index (χ3v) is 5.05. The molecule has 18 heavy (non-hydrogen) atoms. The Labute approximate surface area is 112 Å². The van der Waals surface area contributed by atoms with Crippen LogP contribution in [-0.4, -0.2) is 4.98 Å². The van der Waals surface area contributed by atoms with E-state index in [2.05, 4.69) is 35.5 Å². The smallest absolute Gasteiger partial charge is 0.237 e. The fourth-order valence-electron chi connectivity index (χ4n) is 2.06. The summed E-state index contributed by atoms with van der Waals surface area (Å²) in [5.41, 5.74) is 2.98. The summed E-state index contributed by atoms with van der Waals surface area (Å²) in [4.78, 5) is 5.71. The topological polar surface area (TPSA) is 26.0 Å². The van der Waals surface area contributed by atoms with E-state index in [1.54, 1.807) is 22.7 Å². The monoisotopic (exact) mass is 271 g/mol. The van der Waals surface area contributed by atoms with Gasteiger partial charge in [0.15, 0.2) is 5.58 Å². The van der Waals surface area contributed by atoms with E-state index >= 15 is 0 Å². The van der Waals surface area contributed by atoms with Crippen LogP contribution < -0.4 is 0 Å². The maximum Gasteiger partial charge on any atom is 0.237 e. The summed E-state index contributed by atoms with van der Waals surface area (Å²) < 4.78 is 8.44. The van der Waals surface area contributed by atoms with Crippen molar-refractivity contribution in [2.45, 2.75) is 6.92 Å². The molecule has 3 heterocycles. The zero-order valence-electron chi connectivity index (χ0n) is 9.64. The minimum absolute atomic E-state index is 0.729. The zero-order chi connectivity index (χ0) is 12.1. The summed E-state index contributed by atoms with van der Waals surface area (Å²) >= 11 is 3.49. The molecule has 0 N–H and O–H groups in total. The van der Waals surface area contributed by atoms with Gasteiger partial charge in [-0.1, -0.05) is 12.1 Å². The lowest BCUT2D eigenvalue weighted by molar-refractivity contribution is 0.622. The molecular weight excluding hydrogens is 262 g/mol. The van der Waals surface area contributed by atoms with Gasteiger partial charge in [0.05, 0.1) is 4.88 Å². The second kappa shape index (κ2) is 3.67. The molecule has 2 nitrogen and oxygen atoms in total. The predicted octanol–water partition coefficient (Wildman–Crippen LogP) is 5.08. The first-order chi connectivity index (χ1) is 8.81. The molecule has 0 aliphatic carbocycles. The SMILES string of the molecule is Cc1cccc2oc(-c3cc4sccc4s3)nc12. The van der Waals surface area contributed by atoms with Gasteiger partial charge in [0.1, 0.15) is 5.52 Å². The predicted molar refractivity (Wildman–Crippen MR) is 77.4 cm³/mol. The summed E-state index contributed by atoms with van der Waals surface area (Å²) in [6.07, 6.45) is 0. The average molecular weight is 271 g/mol. The second-order valence-corrected chi connectivity index (χ2v) is 6.23. The van der Waals surface area contributed by atoms with Crippen LogP contribution in [0.3, 0.4) is 0 Å². The van der Waals surface area contributed by atoms with Gasteiger partial charge in [0.2, 0.25) is 5.89 Å². The first kappa shape index (κ1) is 10.3. The molecule has 1 aromatic carbocycles. The number of para-hydroxylation sites is 1. The highest BCUT2D eigenvalue weighted by atomic mass is 32.1. The van der Waals surface area contributed by atoms with E-state index in [-0.39, 0.29) is 0 Å². The fraction of sp³-hybridized carbons (Fsp3) is 0.0714. The molecule has 0 saturated heterocycles. The number of benzene rings is 1. The first-order valence-corrected chi connectivity index (χ1v) is 7.34. The quantitative estimate of drug-likeness (QED) is 0.482. The van der Waals surface area contributed by atoms with E-state index in [1.807, 2.05) is 12.1 Å². The van der Waals surface area contributed by atoms with Crippen LogP contribution in [0.5, 0.6) is 0 Å². The number of nitrogens with zero attached hydrogens (tertiary/aromatic N) is 1. The van der Waals surface area contributed by atoms with Gasteiger partial charge in [-0.05, 0) is 36.1 Å². The van der Waals surface area contributed by atoms with Gasteiger partial charge < -0.3 is 4.42 Å². The Bertz CT molecular complexity index is 824. The van der Waals surface area contributed by atoms with Crippen molar-refractivity contribution in [1.29, 1.82) is 0 Å². The number of thiophene rings is 2. The van der Waals surface area contributed by atoms with Crippen molar-refractivity contribution < 1.29 is 4.42 Å². The molecule has 0 amide bonds. The van der Waals surface area contributed by atoms with Gasteiger partial charge >= 0.3 is 0 Å². The Morgan fingerprint density at radius 3 is 2.94 bits per heavy atom. The summed E-state index contributed by atoms with van der Waals surface area (Å²) in [5, 5.41) is 2.11. The van der Waals surface area contributed by atoms with E-state index in [9.17, 15) is 0 Å². The highest BCUT2D eigenvalue weighted by Crippen LogP contribution is 2.37. The third-order valence-electron chi connectivity index (χ3n) is 2.97. The molecule has 0 atom stereocenters. The molecule has 3 aromatic heterocycles. The Kier molecular flexibility index (Phi) is 2.10. The van der Waals surface area contributed by atoms with E-state index in [4.69, 9.17) is 4.42 Å². The van der Waals surface area contributed by atoms with E-state index < -0.39 is 0 Å².